The van der Waals surface area contributed by atoms with Crippen LogP contribution in [0, 0.1) is 5.92 Å². The van der Waals surface area contributed by atoms with Gasteiger partial charge in [0, 0.05) is 12.3 Å². The summed E-state index contributed by atoms with van der Waals surface area (Å²) in [5.74, 6) is 0.472. The van der Waals surface area contributed by atoms with E-state index in [0.29, 0.717) is 12.2 Å². The molecule has 3 nitrogen and oxygen atoms in total. The van der Waals surface area contributed by atoms with Gasteiger partial charge in [-0.3, -0.25) is 0 Å². The lowest BCUT2D eigenvalue weighted by atomic mass is 9.90. The normalized spacial score (nSPS) is 19.3. The molecule has 1 aliphatic heterocycles. The fraction of sp³-hybridized carbons (Fsp3) is 0.643. The number of nitrogens with zero attached hydrogens (tertiary/aromatic N) is 2. The molecule has 0 bridgehead atoms. The average Bonchev–Trinajstić information content (AvgIpc) is 2.42. The highest BCUT2D eigenvalue weighted by Gasteiger charge is 2.22. The van der Waals surface area contributed by atoms with Gasteiger partial charge in [0.1, 0.15) is 6.61 Å². The van der Waals surface area contributed by atoms with Crippen molar-refractivity contribution in [3.63, 3.8) is 0 Å². The quantitative estimate of drug-likeness (QED) is 0.302. The molecule has 102 valence electrons. The summed E-state index contributed by atoms with van der Waals surface area (Å²) in [6.07, 6.45) is 6.60. The summed E-state index contributed by atoms with van der Waals surface area (Å²) >= 11 is 0. The van der Waals surface area contributed by atoms with Gasteiger partial charge >= 0.3 is 0 Å². The first-order valence-corrected chi connectivity index (χ1v) is 6.59. The van der Waals surface area contributed by atoms with E-state index in [0.717, 1.165) is 44.6 Å². The molecular weight excluding hydrogens is 231 g/mol. The van der Waals surface area contributed by atoms with E-state index in [4.69, 9.17) is 4.84 Å². The minimum Gasteiger partial charge on any atom is -0.392 e. The Kier molecular flexibility index (Phi) is 7.34. The fourth-order valence-corrected chi connectivity index (χ4v) is 2.21. The summed E-state index contributed by atoms with van der Waals surface area (Å²) in [6, 6.07) is 0. The molecule has 0 aromatic rings. The lowest BCUT2D eigenvalue weighted by molar-refractivity contribution is 0.166. The predicted molar refractivity (Wildman–Crippen MR) is 73.3 cm³/mol. The summed E-state index contributed by atoms with van der Waals surface area (Å²) in [5.41, 5.74) is 1.04. The second kappa shape index (κ2) is 8.86. The van der Waals surface area contributed by atoms with Crippen molar-refractivity contribution in [2.45, 2.75) is 26.2 Å². The molecule has 0 saturated carbocycles. The van der Waals surface area contributed by atoms with Gasteiger partial charge in [-0.1, -0.05) is 18.2 Å². The minimum absolute atomic E-state index is 0.185. The Morgan fingerprint density at radius 1 is 1.50 bits per heavy atom. The van der Waals surface area contributed by atoms with E-state index in [-0.39, 0.29) is 6.61 Å². The molecule has 0 aliphatic carbocycles. The summed E-state index contributed by atoms with van der Waals surface area (Å²) in [6.45, 7) is 9.46. The van der Waals surface area contributed by atoms with E-state index in [1.54, 1.807) is 0 Å². The van der Waals surface area contributed by atoms with Crippen LogP contribution in [0.15, 0.2) is 30.2 Å². The second-order valence-electron chi connectivity index (χ2n) is 4.44. The van der Waals surface area contributed by atoms with E-state index < -0.39 is 0 Å². The topological polar surface area (TPSA) is 24.8 Å². The van der Waals surface area contributed by atoms with Crippen molar-refractivity contribution < 1.29 is 9.23 Å². The molecule has 0 spiro atoms. The van der Waals surface area contributed by atoms with Crippen molar-refractivity contribution in [1.29, 1.82) is 0 Å². The molecule has 18 heavy (non-hydrogen) atoms. The first-order valence-electron chi connectivity index (χ1n) is 6.59. The molecule has 0 amide bonds. The third kappa shape index (κ3) is 5.00. The van der Waals surface area contributed by atoms with Gasteiger partial charge < -0.3 is 9.74 Å². The Balaban J connectivity index is 2.48. The summed E-state index contributed by atoms with van der Waals surface area (Å²) < 4.78 is 11.8. The number of halogens is 1. The van der Waals surface area contributed by atoms with Gasteiger partial charge in [-0.2, -0.15) is 0 Å². The standard InChI is InChI=1S/C14H23FN2O/c1-3-6-14(16-18-12-5-9-15)13-7-10-17(4-2)11-8-13/h3,5,9,13H,1,4,6-8,10-12H2,2H3/b9-5+,16-14+. The van der Waals surface area contributed by atoms with Gasteiger partial charge in [0.2, 0.25) is 0 Å². The third-order valence-electron chi connectivity index (χ3n) is 3.30. The summed E-state index contributed by atoms with van der Waals surface area (Å²) in [7, 11) is 0. The van der Waals surface area contributed by atoms with Gasteiger partial charge in [-0.05, 0) is 38.6 Å². The van der Waals surface area contributed by atoms with Crippen LogP contribution in [0.5, 0.6) is 0 Å². The number of hydrogen-bond donors (Lipinski definition) is 0. The molecular formula is C14H23FN2O. The van der Waals surface area contributed by atoms with Crippen LogP contribution in [0.3, 0.4) is 0 Å². The van der Waals surface area contributed by atoms with E-state index in [9.17, 15) is 4.39 Å². The molecule has 0 atom stereocenters. The molecule has 0 aromatic carbocycles. The van der Waals surface area contributed by atoms with Crippen LogP contribution in [-0.2, 0) is 4.84 Å². The Labute approximate surface area is 109 Å². The van der Waals surface area contributed by atoms with Crippen molar-refractivity contribution in [3.05, 3.63) is 25.1 Å². The predicted octanol–water partition coefficient (Wildman–Crippen LogP) is 3.15. The minimum atomic E-state index is 0.185. The molecule has 1 saturated heterocycles. The summed E-state index contributed by atoms with van der Waals surface area (Å²) in [5, 5.41) is 4.13. The first kappa shape index (κ1) is 14.9. The molecule has 1 aliphatic rings. The van der Waals surface area contributed by atoms with Gasteiger partial charge in [-0.25, -0.2) is 4.39 Å². The Hall–Kier alpha value is -1.16. The lowest BCUT2D eigenvalue weighted by Crippen LogP contribution is -2.36. The largest absolute Gasteiger partial charge is 0.392 e. The van der Waals surface area contributed by atoms with Crippen LogP contribution in [-0.4, -0.2) is 36.9 Å². The highest BCUT2D eigenvalue weighted by Crippen LogP contribution is 2.20. The molecule has 4 heteroatoms. The first-order chi connectivity index (χ1) is 8.81. The van der Waals surface area contributed by atoms with Crippen molar-refractivity contribution >= 4 is 5.71 Å². The average molecular weight is 254 g/mol. The van der Waals surface area contributed by atoms with Crippen LogP contribution in [0.25, 0.3) is 0 Å². The fourth-order valence-electron chi connectivity index (χ4n) is 2.21. The third-order valence-corrected chi connectivity index (χ3v) is 3.30. The molecule has 1 heterocycles. The maximum Gasteiger partial charge on any atom is 0.137 e. The van der Waals surface area contributed by atoms with E-state index in [1.807, 2.05) is 6.08 Å². The molecule has 1 fully saturated rings. The van der Waals surface area contributed by atoms with Crippen molar-refractivity contribution in [3.8, 4) is 0 Å². The number of oxime groups is 1. The van der Waals surface area contributed by atoms with Gasteiger partial charge in [-0.15, -0.1) is 6.58 Å². The summed E-state index contributed by atoms with van der Waals surface area (Å²) in [4.78, 5) is 7.53. The van der Waals surface area contributed by atoms with Gasteiger partial charge in [0.25, 0.3) is 0 Å². The number of allylic oxidation sites excluding steroid dienone is 1. The molecule has 0 N–H and O–H groups in total. The van der Waals surface area contributed by atoms with Crippen LogP contribution in [0.1, 0.15) is 26.2 Å². The molecule has 1 rings (SSSR count). The van der Waals surface area contributed by atoms with Crippen molar-refractivity contribution in [1.82, 2.24) is 4.90 Å². The van der Waals surface area contributed by atoms with Crippen molar-refractivity contribution in [2.24, 2.45) is 11.1 Å². The Bertz CT molecular complexity index is 294. The van der Waals surface area contributed by atoms with Crippen molar-refractivity contribution in [2.75, 3.05) is 26.2 Å². The Morgan fingerprint density at radius 2 is 2.22 bits per heavy atom. The van der Waals surface area contributed by atoms with Gasteiger partial charge in [0.05, 0.1) is 12.0 Å². The zero-order valence-corrected chi connectivity index (χ0v) is 11.1. The van der Waals surface area contributed by atoms with Crippen LogP contribution in [0.4, 0.5) is 4.39 Å². The SMILES string of the molecule is C=CC/C(=N\OC/C=C/F)C1CCN(CC)CC1. The number of rotatable bonds is 7. The zero-order chi connectivity index (χ0) is 13.2. The second-order valence-corrected chi connectivity index (χ2v) is 4.44. The lowest BCUT2D eigenvalue weighted by Gasteiger charge is -2.31. The molecule has 0 unspecified atom stereocenters. The highest BCUT2D eigenvalue weighted by molar-refractivity contribution is 5.87. The van der Waals surface area contributed by atoms with E-state index >= 15 is 0 Å². The van der Waals surface area contributed by atoms with Gasteiger partial charge in [0.15, 0.2) is 0 Å². The monoisotopic (exact) mass is 254 g/mol. The number of likely N-dealkylation sites (tertiary alicyclic amines) is 1. The van der Waals surface area contributed by atoms with E-state index in [2.05, 4.69) is 23.6 Å². The Morgan fingerprint density at radius 3 is 2.78 bits per heavy atom. The highest BCUT2D eigenvalue weighted by atomic mass is 19.1. The van der Waals surface area contributed by atoms with Crippen LogP contribution < -0.4 is 0 Å². The maximum atomic E-state index is 11.8. The smallest absolute Gasteiger partial charge is 0.137 e. The number of piperidine rings is 1. The molecule has 0 radical (unpaired) electrons. The maximum absolute atomic E-state index is 11.8. The van der Waals surface area contributed by atoms with Crippen LogP contribution in [0.2, 0.25) is 0 Å². The van der Waals surface area contributed by atoms with E-state index in [1.165, 1.54) is 6.08 Å². The zero-order valence-electron chi connectivity index (χ0n) is 11.1. The number of hydrogen-bond acceptors (Lipinski definition) is 3. The molecule has 0 aromatic heterocycles. The van der Waals surface area contributed by atoms with Crippen LogP contribution >= 0.6 is 0 Å².